The van der Waals surface area contributed by atoms with Crippen LogP contribution in [0.3, 0.4) is 0 Å². The monoisotopic (exact) mass is 252 g/mol. The lowest BCUT2D eigenvalue weighted by Gasteiger charge is -2.12. The minimum atomic E-state index is 0.0508. The van der Waals surface area contributed by atoms with Gasteiger partial charge in [-0.15, -0.1) is 0 Å². The van der Waals surface area contributed by atoms with Gasteiger partial charge in [0.25, 0.3) is 0 Å². The van der Waals surface area contributed by atoms with Gasteiger partial charge in [-0.05, 0) is 36.8 Å². The highest BCUT2D eigenvalue weighted by atomic mass is 16.4. The number of hydrogen-bond acceptors (Lipinski definition) is 3. The Morgan fingerprint density at radius 1 is 1.11 bits per heavy atom. The first kappa shape index (κ1) is 11.8. The van der Waals surface area contributed by atoms with Crippen LogP contribution in [0.2, 0.25) is 0 Å². The Labute approximate surface area is 112 Å². The zero-order chi connectivity index (χ0) is 13.2. The molecule has 1 heterocycles. The summed E-state index contributed by atoms with van der Waals surface area (Å²) in [6, 6.07) is 14.7. The zero-order valence-corrected chi connectivity index (χ0v) is 11.1. The first-order valence-corrected chi connectivity index (χ1v) is 6.40. The normalized spacial score (nSPS) is 12.5. The van der Waals surface area contributed by atoms with Gasteiger partial charge in [-0.1, -0.05) is 30.3 Å². The molecule has 0 fully saturated rings. The van der Waals surface area contributed by atoms with E-state index >= 15 is 0 Å². The summed E-state index contributed by atoms with van der Waals surface area (Å²) >= 11 is 0. The van der Waals surface area contributed by atoms with Crippen molar-refractivity contribution in [1.82, 2.24) is 4.98 Å². The van der Waals surface area contributed by atoms with Crippen molar-refractivity contribution in [2.24, 2.45) is 0 Å². The molecule has 96 valence electrons. The Hall–Kier alpha value is -2.29. The molecule has 3 heteroatoms. The van der Waals surface area contributed by atoms with E-state index in [1.54, 1.807) is 6.20 Å². The van der Waals surface area contributed by atoms with Gasteiger partial charge >= 0.3 is 0 Å². The van der Waals surface area contributed by atoms with Crippen molar-refractivity contribution >= 4 is 16.5 Å². The summed E-state index contributed by atoms with van der Waals surface area (Å²) in [4.78, 5) is 4.25. The fourth-order valence-corrected chi connectivity index (χ4v) is 2.16. The molecule has 1 atom stereocenters. The summed E-state index contributed by atoms with van der Waals surface area (Å²) in [5.74, 6) is 1.55. The van der Waals surface area contributed by atoms with Crippen molar-refractivity contribution in [3.05, 3.63) is 60.3 Å². The highest BCUT2D eigenvalue weighted by Crippen LogP contribution is 2.23. The molecule has 3 rings (SSSR count). The predicted octanol–water partition coefficient (Wildman–Crippen LogP) is 4.31. The fourth-order valence-electron chi connectivity index (χ4n) is 2.16. The molecular formula is C16H16N2O. The molecule has 0 radical (unpaired) electrons. The fraction of sp³-hybridized carbons (Fsp3) is 0.188. The molecule has 19 heavy (non-hydrogen) atoms. The van der Waals surface area contributed by atoms with E-state index in [1.807, 2.05) is 26.0 Å². The maximum absolute atomic E-state index is 5.53. The first-order valence-electron chi connectivity index (χ1n) is 6.40. The Kier molecular flexibility index (Phi) is 2.95. The maximum Gasteiger partial charge on any atom is 0.216 e. The highest BCUT2D eigenvalue weighted by molar-refractivity contribution is 5.85. The van der Waals surface area contributed by atoms with Crippen LogP contribution in [0.5, 0.6) is 0 Å². The molecule has 1 aromatic heterocycles. The van der Waals surface area contributed by atoms with Gasteiger partial charge in [0.05, 0.1) is 6.20 Å². The van der Waals surface area contributed by atoms with Crippen molar-refractivity contribution < 1.29 is 4.42 Å². The molecule has 0 saturated carbocycles. The largest absolute Gasteiger partial charge is 0.444 e. The highest BCUT2D eigenvalue weighted by Gasteiger charge is 2.11. The molecular weight excluding hydrogens is 236 g/mol. The van der Waals surface area contributed by atoms with Crippen molar-refractivity contribution in [3.8, 4) is 0 Å². The molecule has 0 aliphatic rings. The number of aromatic nitrogens is 1. The molecule has 0 aliphatic carbocycles. The topological polar surface area (TPSA) is 38.1 Å². The van der Waals surface area contributed by atoms with Gasteiger partial charge in [0.2, 0.25) is 5.89 Å². The van der Waals surface area contributed by atoms with Crippen LogP contribution >= 0.6 is 0 Å². The van der Waals surface area contributed by atoms with Crippen LogP contribution in [0.1, 0.15) is 24.6 Å². The summed E-state index contributed by atoms with van der Waals surface area (Å²) in [5.41, 5.74) is 1.07. The smallest absolute Gasteiger partial charge is 0.216 e. The number of aryl methyl sites for hydroxylation is 1. The quantitative estimate of drug-likeness (QED) is 0.754. The summed E-state index contributed by atoms with van der Waals surface area (Å²) in [6.45, 7) is 3.94. The van der Waals surface area contributed by atoms with E-state index in [0.29, 0.717) is 5.89 Å². The molecule has 0 bridgehead atoms. The number of anilines is 1. The Balaban J connectivity index is 1.84. The number of rotatable bonds is 3. The average Bonchev–Trinajstić information content (AvgIpc) is 2.85. The van der Waals surface area contributed by atoms with Crippen molar-refractivity contribution in [3.63, 3.8) is 0 Å². The standard InChI is InChI=1S/C16H16N2O/c1-11-10-17-16(19-11)12(2)18-15-8-7-13-5-3-4-6-14(13)9-15/h3-10,12,18H,1-2H3. The third kappa shape index (κ3) is 2.45. The van der Waals surface area contributed by atoms with E-state index in [0.717, 1.165) is 11.4 Å². The van der Waals surface area contributed by atoms with Crippen LogP contribution in [-0.2, 0) is 0 Å². The second kappa shape index (κ2) is 4.76. The summed E-state index contributed by atoms with van der Waals surface area (Å²) < 4.78 is 5.53. The van der Waals surface area contributed by atoms with Crippen LogP contribution in [0, 0.1) is 6.92 Å². The van der Waals surface area contributed by atoms with E-state index in [2.05, 4.69) is 40.6 Å². The average molecular weight is 252 g/mol. The number of oxazole rings is 1. The third-order valence-electron chi connectivity index (χ3n) is 3.14. The van der Waals surface area contributed by atoms with E-state index in [-0.39, 0.29) is 6.04 Å². The molecule has 2 aromatic carbocycles. The predicted molar refractivity (Wildman–Crippen MR) is 77.2 cm³/mol. The van der Waals surface area contributed by atoms with Gasteiger partial charge in [-0.2, -0.15) is 0 Å². The third-order valence-corrected chi connectivity index (χ3v) is 3.14. The Morgan fingerprint density at radius 2 is 1.89 bits per heavy atom. The minimum Gasteiger partial charge on any atom is -0.444 e. The lowest BCUT2D eigenvalue weighted by atomic mass is 10.1. The summed E-state index contributed by atoms with van der Waals surface area (Å²) in [6.07, 6.45) is 1.74. The molecule has 0 aliphatic heterocycles. The number of nitrogens with zero attached hydrogens (tertiary/aromatic N) is 1. The molecule has 3 aromatic rings. The van der Waals surface area contributed by atoms with E-state index in [4.69, 9.17) is 4.42 Å². The van der Waals surface area contributed by atoms with E-state index in [1.165, 1.54) is 10.8 Å². The molecule has 1 N–H and O–H groups in total. The Morgan fingerprint density at radius 3 is 2.63 bits per heavy atom. The Bertz CT molecular complexity index is 703. The molecule has 3 nitrogen and oxygen atoms in total. The lowest BCUT2D eigenvalue weighted by Crippen LogP contribution is -2.06. The summed E-state index contributed by atoms with van der Waals surface area (Å²) in [5, 5.41) is 5.88. The number of fused-ring (bicyclic) bond motifs is 1. The number of benzene rings is 2. The van der Waals surface area contributed by atoms with Gasteiger partial charge in [-0.25, -0.2) is 4.98 Å². The minimum absolute atomic E-state index is 0.0508. The molecule has 0 spiro atoms. The van der Waals surface area contributed by atoms with Crippen LogP contribution in [0.4, 0.5) is 5.69 Å². The SMILES string of the molecule is Cc1cnc(C(C)Nc2ccc3ccccc3c2)o1. The lowest BCUT2D eigenvalue weighted by molar-refractivity contribution is 0.454. The van der Waals surface area contributed by atoms with E-state index in [9.17, 15) is 0 Å². The van der Waals surface area contributed by atoms with Gasteiger partial charge in [0, 0.05) is 5.69 Å². The zero-order valence-electron chi connectivity index (χ0n) is 11.1. The molecule has 1 unspecified atom stereocenters. The van der Waals surface area contributed by atoms with Gasteiger partial charge in [0.1, 0.15) is 11.8 Å². The molecule has 0 amide bonds. The number of nitrogens with one attached hydrogen (secondary N) is 1. The van der Waals surface area contributed by atoms with Gasteiger partial charge < -0.3 is 9.73 Å². The van der Waals surface area contributed by atoms with Crippen molar-refractivity contribution in [1.29, 1.82) is 0 Å². The van der Waals surface area contributed by atoms with Crippen LogP contribution in [-0.4, -0.2) is 4.98 Å². The first-order chi connectivity index (χ1) is 9.22. The second-order valence-electron chi connectivity index (χ2n) is 4.74. The number of hydrogen-bond donors (Lipinski definition) is 1. The van der Waals surface area contributed by atoms with Gasteiger partial charge in [-0.3, -0.25) is 0 Å². The van der Waals surface area contributed by atoms with Crippen molar-refractivity contribution in [2.75, 3.05) is 5.32 Å². The van der Waals surface area contributed by atoms with Crippen LogP contribution in [0.15, 0.2) is 53.1 Å². The van der Waals surface area contributed by atoms with Crippen LogP contribution in [0.25, 0.3) is 10.8 Å². The van der Waals surface area contributed by atoms with E-state index < -0.39 is 0 Å². The van der Waals surface area contributed by atoms with Crippen LogP contribution < -0.4 is 5.32 Å². The second-order valence-corrected chi connectivity index (χ2v) is 4.74. The molecule has 0 saturated heterocycles. The van der Waals surface area contributed by atoms with Crippen molar-refractivity contribution in [2.45, 2.75) is 19.9 Å². The maximum atomic E-state index is 5.53. The van der Waals surface area contributed by atoms with Gasteiger partial charge in [0.15, 0.2) is 0 Å². The summed E-state index contributed by atoms with van der Waals surface area (Å²) in [7, 11) is 0.